The molecule has 4 heteroatoms. The lowest BCUT2D eigenvalue weighted by Gasteiger charge is -1.79. The average molecular weight is 86.1 g/mol. The molecular formula is C2H6N4. The fourth-order valence-electron chi connectivity index (χ4n) is 0.0456. The molecular weight excluding hydrogens is 80.0 g/mol. The van der Waals surface area contributed by atoms with Crippen LogP contribution in [0.15, 0.2) is 5.11 Å². The van der Waals surface area contributed by atoms with Crippen LogP contribution < -0.4 is 5.73 Å². The maximum atomic E-state index is 6.51. The van der Waals surface area contributed by atoms with E-state index in [9.17, 15) is 0 Å². The summed E-state index contributed by atoms with van der Waals surface area (Å²) < 4.78 is 0. The first-order valence-corrected chi connectivity index (χ1v) is 1.46. The second kappa shape index (κ2) is 2.47. The van der Waals surface area contributed by atoms with E-state index in [4.69, 9.17) is 16.7 Å². The Morgan fingerprint density at radius 2 is 2.33 bits per heavy atom. The second-order valence-corrected chi connectivity index (χ2v) is 0.763. The molecule has 0 aliphatic rings. The van der Waals surface area contributed by atoms with E-state index in [1.54, 1.807) is 0 Å². The number of rotatable bonds is 1. The number of hydrogen-bond donors (Lipinski definition) is 3. The molecule has 0 atom stereocenters. The number of nitrogens with one attached hydrogen (secondary N) is 2. The minimum absolute atomic E-state index is 0.0590. The van der Waals surface area contributed by atoms with E-state index in [0.717, 1.165) is 0 Å². The molecule has 34 valence electrons. The van der Waals surface area contributed by atoms with Gasteiger partial charge in [-0.1, -0.05) is 0 Å². The topological polar surface area (TPSA) is 86.1 Å². The molecule has 0 aromatic heterocycles. The Bertz CT molecular complexity index is 65.9. The third-order valence-electron chi connectivity index (χ3n) is 0.328. The van der Waals surface area contributed by atoms with E-state index in [1.807, 2.05) is 0 Å². The van der Waals surface area contributed by atoms with Gasteiger partial charge in [-0.3, -0.25) is 5.41 Å². The largest absolute Gasteiger partial charge is 0.324 e. The van der Waals surface area contributed by atoms with Crippen LogP contribution in [-0.4, -0.2) is 12.4 Å². The molecule has 0 aromatic rings. The van der Waals surface area contributed by atoms with Crippen LogP contribution in [0, 0.1) is 10.9 Å². The van der Waals surface area contributed by atoms with E-state index in [0.29, 0.717) is 0 Å². The Labute approximate surface area is 35.4 Å². The molecule has 0 spiro atoms. The van der Waals surface area contributed by atoms with E-state index < -0.39 is 0 Å². The summed E-state index contributed by atoms with van der Waals surface area (Å²) in [5.41, 5.74) is 11.0. The molecule has 0 rings (SSSR count). The summed E-state index contributed by atoms with van der Waals surface area (Å²) in [6.45, 7) is 0.0590. The van der Waals surface area contributed by atoms with Gasteiger partial charge in [0.05, 0.1) is 6.54 Å². The van der Waals surface area contributed by atoms with Crippen LogP contribution in [0.25, 0.3) is 0 Å². The quantitative estimate of drug-likeness (QED) is 0.233. The molecule has 0 aliphatic heterocycles. The van der Waals surface area contributed by atoms with Crippen LogP contribution in [0.2, 0.25) is 0 Å². The summed E-state index contributed by atoms with van der Waals surface area (Å²) in [7, 11) is 0. The Balaban J connectivity index is 3.23. The minimum Gasteiger partial charge on any atom is -0.324 e. The second-order valence-electron chi connectivity index (χ2n) is 0.763. The van der Waals surface area contributed by atoms with Crippen LogP contribution in [0.5, 0.6) is 0 Å². The zero-order valence-electron chi connectivity index (χ0n) is 3.23. The Morgan fingerprint density at radius 3 is 2.33 bits per heavy atom. The highest BCUT2D eigenvalue weighted by molar-refractivity contribution is 5.80. The third kappa shape index (κ3) is 1.54. The maximum absolute atomic E-state index is 6.51. The van der Waals surface area contributed by atoms with Gasteiger partial charge in [0.25, 0.3) is 0 Å². The number of nitrogens with zero attached hydrogens (tertiary/aromatic N) is 1. The van der Waals surface area contributed by atoms with Crippen LogP contribution in [0.1, 0.15) is 0 Å². The van der Waals surface area contributed by atoms with Crippen molar-refractivity contribution in [2.24, 2.45) is 10.8 Å². The highest BCUT2D eigenvalue weighted by atomic mass is 15.0. The molecule has 4 nitrogen and oxygen atoms in total. The first-order chi connectivity index (χ1) is 2.81. The van der Waals surface area contributed by atoms with Crippen LogP contribution in [0.3, 0.4) is 0 Å². The highest BCUT2D eigenvalue weighted by Crippen LogP contribution is 1.63. The lowest BCUT2D eigenvalue weighted by molar-refractivity contribution is 1.11. The van der Waals surface area contributed by atoms with E-state index in [-0.39, 0.29) is 12.4 Å². The van der Waals surface area contributed by atoms with E-state index >= 15 is 0 Å². The van der Waals surface area contributed by atoms with Crippen LogP contribution in [-0.2, 0) is 0 Å². The fourth-order valence-corrected chi connectivity index (χ4v) is 0.0456. The molecule has 0 radical (unpaired) electrons. The van der Waals surface area contributed by atoms with Gasteiger partial charge in [0, 0.05) is 0 Å². The molecule has 0 unspecified atom stereocenters. The fraction of sp³-hybridized carbons (Fsp3) is 0.500. The smallest absolute Gasteiger partial charge is 0.156 e. The number of hydrogen-bond acceptors (Lipinski definition) is 3. The van der Waals surface area contributed by atoms with Crippen molar-refractivity contribution in [2.75, 3.05) is 6.54 Å². The van der Waals surface area contributed by atoms with Crippen molar-refractivity contribution in [3.8, 4) is 0 Å². The van der Waals surface area contributed by atoms with Gasteiger partial charge in [-0.05, 0) is 0 Å². The van der Waals surface area contributed by atoms with Gasteiger partial charge in [-0.2, -0.15) is 0 Å². The van der Waals surface area contributed by atoms with Crippen molar-refractivity contribution in [3.05, 3.63) is 0 Å². The molecule has 0 aliphatic carbocycles. The van der Waals surface area contributed by atoms with Crippen molar-refractivity contribution in [1.29, 1.82) is 10.9 Å². The summed E-state index contributed by atoms with van der Waals surface area (Å²) in [5.74, 6) is -0.0880. The SMILES string of the molecule is N=NC(=N)CN. The van der Waals surface area contributed by atoms with Crippen molar-refractivity contribution in [3.63, 3.8) is 0 Å². The zero-order chi connectivity index (χ0) is 4.99. The maximum Gasteiger partial charge on any atom is 0.156 e. The van der Waals surface area contributed by atoms with Crippen LogP contribution >= 0.6 is 0 Å². The summed E-state index contributed by atoms with van der Waals surface area (Å²) in [6, 6.07) is 0. The summed E-state index contributed by atoms with van der Waals surface area (Å²) >= 11 is 0. The Kier molecular flexibility index (Phi) is 2.15. The summed E-state index contributed by atoms with van der Waals surface area (Å²) in [5, 5.41) is 9.22. The van der Waals surface area contributed by atoms with Gasteiger partial charge in [0.15, 0.2) is 5.84 Å². The predicted octanol–water partition coefficient (Wildman–Crippen LogP) is -0.0467. The molecule has 0 amide bonds. The number of amidine groups is 1. The zero-order valence-corrected chi connectivity index (χ0v) is 3.23. The highest BCUT2D eigenvalue weighted by Gasteiger charge is 1.79. The van der Waals surface area contributed by atoms with Gasteiger partial charge in [0.2, 0.25) is 0 Å². The lowest BCUT2D eigenvalue weighted by Crippen LogP contribution is -2.08. The lowest BCUT2D eigenvalue weighted by atomic mass is 10.6. The Hall–Kier alpha value is -0.770. The van der Waals surface area contributed by atoms with Crippen molar-refractivity contribution >= 4 is 5.84 Å². The van der Waals surface area contributed by atoms with Crippen molar-refractivity contribution in [1.82, 2.24) is 0 Å². The average Bonchev–Trinajstić information content (AvgIpc) is 1.65. The molecule has 0 aromatic carbocycles. The van der Waals surface area contributed by atoms with E-state index in [2.05, 4.69) is 5.11 Å². The molecule has 4 N–H and O–H groups in total. The van der Waals surface area contributed by atoms with E-state index in [1.165, 1.54) is 0 Å². The molecule has 0 saturated carbocycles. The van der Waals surface area contributed by atoms with Gasteiger partial charge in [-0.15, -0.1) is 5.11 Å². The van der Waals surface area contributed by atoms with Gasteiger partial charge < -0.3 is 5.73 Å². The Morgan fingerprint density at radius 1 is 1.83 bits per heavy atom. The molecule has 0 heterocycles. The molecule has 0 saturated heterocycles. The first-order valence-electron chi connectivity index (χ1n) is 1.46. The molecule has 0 fully saturated rings. The van der Waals surface area contributed by atoms with Crippen molar-refractivity contribution in [2.45, 2.75) is 0 Å². The van der Waals surface area contributed by atoms with Crippen LogP contribution in [0.4, 0.5) is 0 Å². The third-order valence-corrected chi connectivity index (χ3v) is 0.328. The minimum atomic E-state index is -0.0880. The molecule has 0 bridgehead atoms. The predicted molar refractivity (Wildman–Crippen MR) is 21.9 cm³/mol. The number of nitrogens with two attached hydrogens (primary N) is 1. The molecule has 6 heavy (non-hydrogen) atoms. The standard InChI is InChI=1S/C2H6N4/c3-1-2(4)6-5/h4-5H,1,3H2. The monoisotopic (exact) mass is 86.1 g/mol. The summed E-state index contributed by atoms with van der Waals surface area (Å²) in [6.07, 6.45) is 0. The first kappa shape index (κ1) is 5.23. The normalized spacial score (nSPS) is 7.50. The van der Waals surface area contributed by atoms with Crippen molar-refractivity contribution < 1.29 is 0 Å². The van der Waals surface area contributed by atoms with Gasteiger partial charge in [0.1, 0.15) is 0 Å². The summed E-state index contributed by atoms with van der Waals surface area (Å²) in [4.78, 5) is 0. The van der Waals surface area contributed by atoms with Gasteiger partial charge >= 0.3 is 0 Å². The van der Waals surface area contributed by atoms with Gasteiger partial charge in [-0.25, -0.2) is 5.53 Å².